The number of halogens is 2. The van der Waals surface area contributed by atoms with Crippen LogP contribution in [0.1, 0.15) is 11.6 Å². The first-order valence-corrected chi connectivity index (χ1v) is 7.35. The first-order chi connectivity index (χ1) is 11.1. The van der Waals surface area contributed by atoms with E-state index in [0.29, 0.717) is 18.8 Å². The van der Waals surface area contributed by atoms with Gasteiger partial charge in [-0.1, -0.05) is 35.0 Å². The average molecular weight is 336 g/mol. The van der Waals surface area contributed by atoms with Gasteiger partial charge in [-0.2, -0.15) is 5.10 Å². The molecule has 0 N–H and O–H groups in total. The second-order valence-corrected chi connectivity index (χ2v) is 5.63. The lowest BCUT2D eigenvalue weighted by Crippen LogP contribution is -2.39. The Labute approximate surface area is 134 Å². The third-order valence-corrected chi connectivity index (χ3v) is 4.14. The van der Waals surface area contributed by atoms with Crippen molar-refractivity contribution in [2.45, 2.75) is 12.6 Å². The first kappa shape index (κ1) is 14.3. The summed E-state index contributed by atoms with van der Waals surface area (Å²) in [5, 5.41) is 12.2. The maximum Gasteiger partial charge on any atom is 0.298 e. The highest BCUT2D eigenvalue weighted by Crippen LogP contribution is 2.21. The van der Waals surface area contributed by atoms with Gasteiger partial charge in [-0.15, -0.1) is 5.10 Å². The zero-order chi connectivity index (χ0) is 16.0. The fraction of sp³-hybridized carbons (Fsp3) is 0.286. The fourth-order valence-electron chi connectivity index (χ4n) is 2.40. The van der Waals surface area contributed by atoms with E-state index in [9.17, 15) is 9.18 Å². The summed E-state index contributed by atoms with van der Waals surface area (Å²) in [7, 11) is 0. The summed E-state index contributed by atoms with van der Waals surface area (Å²) in [6, 6.07) is 6.18. The second-order valence-electron chi connectivity index (χ2n) is 5.27. The van der Waals surface area contributed by atoms with Crippen LogP contribution in [-0.2, 0) is 11.3 Å². The molecule has 3 heterocycles. The van der Waals surface area contributed by atoms with Crippen LogP contribution in [0.3, 0.4) is 0 Å². The molecule has 4 rings (SSSR count). The highest BCUT2D eigenvalue weighted by atomic mass is 35.5. The third-order valence-electron chi connectivity index (χ3n) is 3.76. The number of nitrogens with zero attached hydrogens (tertiary/aromatic N) is 5. The highest BCUT2D eigenvalue weighted by Gasteiger charge is 2.26. The minimum Gasteiger partial charge on any atom is -0.377 e. The number of aromatic nitrogens is 5. The van der Waals surface area contributed by atoms with E-state index in [2.05, 4.69) is 15.4 Å². The Hall–Kier alpha value is -2.32. The van der Waals surface area contributed by atoms with Crippen LogP contribution in [-0.4, -0.2) is 38.0 Å². The molecule has 9 heteroatoms. The summed E-state index contributed by atoms with van der Waals surface area (Å²) in [6.07, 6.45) is 0. The topological polar surface area (TPSA) is 74.8 Å². The van der Waals surface area contributed by atoms with Crippen molar-refractivity contribution in [3.05, 3.63) is 51.2 Å². The lowest BCUT2D eigenvalue weighted by Gasteiger charge is -2.25. The van der Waals surface area contributed by atoms with Crippen molar-refractivity contribution in [1.29, 1.82) is 0 Å². The monoisotopic (exact) mass is 335 g/mol. The Kier molecular flexibility index (Phi) is 3.35. The van der Waals surface area contributed by atoms with Crippen LogP contribution in [0.2, 0.25) is 5.15 Å². The molecule has 0 radical (unpaired) electrons. The molecule has 0 bridgehead atoms. The molecule has 118 valence electrons. The molecular weight excluding hydrogens is 325 g/mol. The molecule has 0 aliphatic carbocycles. The Morgan fingerprint density at radius 1 is 1.30 bits per heavy atom. The van der Waals surface area contributed by atoms with Crippen LogP contribution < -0.4 is 5.56 Å². The van der Waals surface area contributed by atoms with E-state index in [-0.39, 0.29) is 40.1 Å². The molecule has 3 aromatic rings. The molecule has 1 aliphatic rings. The van der Waals surface area contributed by atoms with Crippen molar-refractivity contribution in [2.24, 2.45) is 0 Å². The number of ether oxygens (including phenoxy) is 1. The standard InChI is InChI=1S/C14H11ClFN5O2/c15-13-11-12(14(22)21(19-17-11)9-6-23-7-9)18-20(13)5-8-3-1-2-4-10(8)16/h1-4,9H,5-7H2. The summed E-state index contributed by atoms with van der Waals surface area (Å²) in [6.45, 7) is 0.946. The molecule has 1 saturated heterocycles. The summed E-state index contributed by atoms with van der Waals surface area (Å²) < 4.78 is 21.4. The van der Waals surface area contributed by atoms with Gasteiger partial charge in [-0.3, -0.25) is 4.79 Å². The number of fused-ring (bicyclic) bond motifs is 1. The van der Waals surface area contributed by atoms with Crippen molar-refractivity contribution in [1.82, 2.24) is 24.8 Å². The van der Waals surface area contributed by atoms with Crippen molar-refractivity contribution in [3.8, 4) is 0 Å². The van der Waals surface area contributed by atoms with Gasteiger partial charge in [0.2, 0.25) is 0 Å². The molecule has 7 nitrogen and oxygen atoms in total. The summed E-state index contributed by atoms with van der Waals surface area (Å²) >= 11 is 6.21. The Morgan fingerprint density at radius 3 is 2.78 bits per heavy atom. The lowest BCUT2D eigenvalue weighted by atomic mass is 10.2. The smallest absolute Gasteiger partial charge is 0.298 e. The molecule has 0 spiro atoms. The van der Waals surface area contributed by atoms with Crippen LogP contribution in [0.4, 0.5) is 4.39 Å². The number of hydrogen-bond acceptors (Lipinski definition) is 5. The zero-order valence-corrected chi connectivity index (χ0v) is 12.6. The van der Waals surface area contributed by atoms with Crippen LogP contribution in [0.25, 0.3) is 11.0 Å². The van der Waals surface area contributed by atoms with Gasteiger partial charge in [0.15, 0.2) is 16.2 Å². The summed E-state index contributed by atoms with van der Waals surface area (Å²) in [5.41, 5.74) is 0.373. The largest absolute Gasteiger partial charge is 0.377 e. The SMILES string of the molecule is O=c1c2nn(Cc3ccccc3F)c(Cl)c2nnn1C1COC1. The first-order valence-electron chi connectivity index (χ1n) is 6.98. The van der Waals surface area contributed by atoms with E-state index in [4.69, 9.17) is 16.3 Å². The Bertz CT molecular complexity index is 950. The van der Waals surface area contributed by atoms with Gasteiger partial charge in [-0.05, 0) is 6.07 Å². The van der Waals surface area contributed by atoms with Crippen LogP contribution in [0.15, 0.2) is 29.1 Å². The fourth-order valence-corrected chi connectivity index (χ4v) is 2.63. The maximum absolute atomic E-state index is 13.8. The van der Waals surface area contributed by atoms with E-state index in [0.717, 1.165) is 0 Å². The van der Waals surface area contributed by atoms with E-state index in [1.165, 1.54) is 15.4 Å². The van der Waals surface area contributed by atoms with E-state index >= 15 is 0 Å². The minimum absolute atomic E-state index is 0.105. The highest BCUT2D eigenvalue weighted by molar-refractivity contribution is 6.33. The molecule has 0 saturated carbocycles. The van der Waals surface area contributed by atoms with Gasteiger partial charge in [0.25, 0.3) is 5.56 Å². The summed E-state index contributed by atoms with van der Waals surface area (Å²) in [4.78, 5) is 12.4. The second kappa shape index (κ2) is 5.39. The molecule has 1 aliphatic heterocycles. The molecular formula is C14H11ClFN5O2. The Morgan fingerprint density at radius 2 is 2.09 bits per heavy atom. The van der Waals surface area contributed by atoms with Crippen molar-refractivity contribution < 1.29 is 9.13 Å². The van der Waals surface area contributed by atoms with Gasteiger partial charge in [0, 0.05) is 5.56 Å². The maximum atomic E-state index is 13.8. The third kappa shape index (κ3) is 2.30. The normalized spacial score (nSPS) is 15.0. The van der Waals surface area contributed by atoms with Gasteiger partial charge < -0.3 is 4.74 Å². The molecule has 0 amide bonds. The summed E-state index contributed by atoms with van der Waals surface area (Å²) in [5.74, 6) is -0.363. The quantitative estimate of drug-likeness (QED) is 0.723. The number of rotatable bonds is 3. The van der Waals surface area contributed by atoms with Gasteiger partial charge in [0.1, 0.15) is 11.9 Å². The number of benzene rings is 1. The van der Waals surface area contributed by atoms with Crippen molar-refractivity contribution in [2.75, 3.05) is 13.2 Å². The van der Waals surface area contributed by atoms with Crippen molar-refractivity contribution >= 4 is 22.6 Å². The van der Waals surface area contributed by atoms with Gasteiger partial charge in [0.05, 0.1) is 19.8 Å². The van der Waals surface area contributed by atoms with Gasteiger partial charge >= 0.3 is 0 Å². The molecule has 1 fully saturated rings. The van der Waals surface area contributed by atoms with E-state index in [1.807, 2.05) is 0 Å². The Balaban J connectivity index is 1.79. The van der Waals surface area contributed by atoms with E-state index in [1.54, 1.807) is 18.2 Å². The zero-order valence-electron chi connectivity index (χ0n) is 11.8. The molecule has 1 aromatic carbocycles. The molecule has 0 unspecified atom stereocenters. The number of hydrogen-bond donors (Lipinski definition) is 0. The van der Waals surface area contributed by atoms with Crippen LogP contribution in [0, 0.1) is 5.82 Å². The van der Waals surface area contributed by atoms with Crippen molar-refractivity contribution in [3.63, 3.8) is 0 Å². The predicted octanol–water partition coefficient (Wildman–Crippen LogP) is 1.40. The molecule has 2 aromatic heterocycles. The van der Waals surface area contributed by atoms with Gasteiger partial charge in [-0.25, -0.2) is 13.8 Å². The lowest BCUT2D eigenvalue weighted by molar-refractivity contribution is -0.0317. The van der Waals surface area contributed by atoms with Crippen LogP contribution in [0.5, 0.6) is 0 Å². The molecule has 0 atom stereocenters. The van der Waals surface area contributed by atoms with E-state index < -0.39 is 0 Å². The minimum atomic E-state index is -0.377. The average Bonchev–Trinajstić information content (AvgIpc) is 2.80. The molecule has 23 heavy (non-hydrogen) atoms. The van der Waals surface area contributed by atoms with Crippen LogP contribution >= 0.6 is 11.6 Å². The predicted molar refractivity (Wildman–Crippen MR) is 80.0 cm³/mol.